The maximum atomic E-state index is 12.7. The smallest absolute Gasteiger partial charge is 0.273 e. The van der Waals surface area contributed by atoms with E-state index in [9.17, 15) is 9.59 Å². The van der Waals surface area contributed by atoms with Crippen LogP contribution in [0.2, 0.25) is 0 Å². The number of hydrogen-bond donors (Lipinski definition) is 1. The van der Waals surface area contributed by atoms with E-state index in [2.05, 4.69) is 39.4 Å². The van der Waals surface area contributed by atoms with Crippen molar-refractivity contribution in [2.45, 2.75) is 32.1 Å². The van der Waals surface area contributed by atoms with Crippen molar-refractivity contribution in [1.82, 2.24) is 20.1 Å². The number of benzene rings is 2. The number of nitrogens with zero attached hydrogens (tertiary/aromatic N) is 3. The number of hydrogen-bond acceptors (Lipinski definition) is 6. The first-order chi connectivity index (χ1) is 16.6. The Morgan fingerprint density at radius 3 is 2.32 bits per heavy atom. The lowest BCUT2D eigenvalue weighted by atomic mass is 9.90. The van der Waals surface area contributed by atoms with E-state index in [0.717, 1.165) is 32.4 Å². The van der Waals surface area contributed by atoms with E-state index in [1.807, 2.05) is 11.0 Å². The first-order valence-electron chi connectivity index (χ1n) is 11.6. The van der Waals surface area contributed by atoms with Crippen LogP contribution in [0.1, 0.15) is 30.5 Å². The Labute approximate surface area is 198 Å². The van der Waals surface area contributed by atoms with Gasteiger partial charge in [-0.15, -0.1) is 10.2 Å². The van der Waals surface area contributed by atoms with Crippen molar-refractivity contribution in [2.24, 2.45) is 5.92 Å². The van der Waals surface area contributed by atoms with Crippen molar-refractivity contribution in [3.8, 4) is 22.9 Å². The lowest BCUT2D eigenvalue weighted by Crippen LogP contribution is -2.39. The number of nitrogens with one attached hydrogen (secondary N) is 1. The molecule has 2 aromatic carbocycles. The van der Waals surface area contributed by atoms with Crippen LogP contribution in [0.25, 0.3) is 11.4 Å². The van der Waals surface area contributed by atoms with E-state index in [1.54, 1.807) is 32.4 Å². The number of aryl methyl sites for hydroxylation is 1. The molecular weight excluding hydrogens is 432 g/mol. The zero-order valence-electron chi connectivity index (χ0n) is 19.6. The maximum absolute atomic E-state index is 12.7. The highest BCUT2D eigenvalue weighted by Gasteiger charge is 2.23. The number of H-pyrrole nitrogens is 1. The molecule has 2 heterocycles. The predicted molar refractivity (Wildman–Crippen MR) is 129 cm³/mol. The molecule has 4 rings (SSSR count). The van der Waals surface area contributed by atoms with Gasteiger partial charge in [-0.1, -0.05) is 30.3 Å². The van der Waals surface area contributed by atoms with Gasteiger partial charge in [-0.3, -0.25) is 9.59 Å². The third-order valence-electron chi connectivity index (χ3n) is 6.30. The van der Waals surface area contributed by atoms with Gasteiger partial charge in [-0.2, -0.15) is 0 Å². The van der Waals surface area contributed by atoms with Crippen LogP contribution in [0.3, 0.4) is 0 Å². The summed E-state index contributed by atoms with van der Waals surface area (Å²) in [5.41, 5.74) is 1.88. The lowest BCUT2D eigenvalue weighted by molar-refractivity contribution is -0.132. The Hall–Kier alpha value is -3.68. The first-order valence-corrected chi connectivity index (χ1v) is 11.6. The second kappa shape index (κ2) is 11.0. The van der Waals surface area contributed by atoms with E-state index >= 15 is 0 Å². The summed E-state index contributed by atoms with van der Waals surface area (Å²) in [6.07, 6.45) is 3.55. The lowest BCUT2D eigenvalue weighted by Gasteiger charge is -2.32. The number of likely N-dealkylation sites (tertiary alicyclic amines) is 1. The van der Waals surface area contributed by atoms with Crippen LogP contribution in [0.4, 0.5) is 0 Å². The quantitative estimate of drug-likeness (QED) is 0.552. The topological polar surface area (TPSA) is 97.4 Å². The van der Waals surface area contributed by atoms with Gasteiger partial charge in [0.05, 0.1) is 14.2 Å². The zero-order valence-corrected chi connectivity index (χ0v) is 19.6. The Bertz CT molecular complexity index is 1150. The standard InChI is InChI=1S/C26H30N4O4/c1-33-21-15-20(16-22(17-21)34-2)25-27-26(32)23(28-29-25)8-9-24(31)30-12-10-19(11-13-30)14-18-6-4-3-5-7-18/h3-7,15-17,19H,8-14H2,1-2H3,(H,27,29,32). The average Bonchev–Trinajstić information content (AvgIpc) is 2.88. The summed E-state index contributed by atoms with van der Waals surface area (Å²) < 4.78 is 10.5. The minimum absolute atomic E-state index is 0.0565. The van der Waals surface area contributed by atoms with Crippen LogP contribution >= 0.6 is 0 Å². The second-order valence-corrected chi connectivity index (χ2v) is 8.56. The van der Waals surface area contributed by atoms with Crippen molar-refractivity contribution in [3.05, 3.63) is 70.1 Å². The molecule has 8 heteroatoms. The minimum Gasteiger partial charge on any atom is -0.497 e. The van der Waals surface area contributed by atoms with Crippen LogP contribution in [0.5, 0.6) is 11.5 Å². The van der Waals surface area contributed by atoms with Crippen LogP contribution in [0.15, 0.2) is 53.3 Å². The van der Waals surface area contributed by atoms with Crippen molar-refractivity contribution >= 4 is 5.91 Å². The Kier molecular flexibility index (Phi) is 7.57. The number of amides is 1. The van der Waals surface area contributed by atoms with E-state index < -0.39 is 0 Å². The summed E-state index contributed by atoms with van der Waals surface area (Å²) in [5, 5.41) is 8.25. The fourth-order valence-electron chi connectivity index (χ4n) is 4.32. The Morgan fingerprint density at radius 2 is 1.71 bits per heavy atom. The van der Waals surface area contributed by atoms with Gasteiger partial charge in [-0.05, 0) is 42.9 Å². The van der Waals surface area contributed by atoms with Gasteiger partial charge in [0.2, 0.25) is 5.91 Å². The Morgan fingerprint density at radius 1 is 1.03 bits per heavy atom. The molecule has 0 saturated carbocycles. The molecule has 178 valence electrons. The Balaban J connectivity index is 1.32. The highest BCUT2D eigenvalue weighted by Crippen LogP contribution is 2.27. The van der Waals surface area contributed by atoms with Gasteiger partial charge in [-0.25, -0.2) is 0 Å². The summed E-state index contributed by atoms with van der Waals surface area (Å²) in [6.45, 7) is 1.52. The molecule has 0 spiro atoms. The number of methoxy groups -OCH3 is 2. The van der Waals surface area contributed by atoms with Gasteiger partial charge < -0.3 is 19.4 Å². The number of carbonyl (C=O) groups excluding carboxylic acids is 1. The average molecular weight is 463 g/mol. The molecule has 1 aromatic heterocycles. The molecule has 0 aliphatic carbocycles. The second-order valence-electron chi connectivity index (χ2n) is 8.56. The van der Waals surface area contributed by atoms with Gasteiger partial charge in [0.15, 0.2) is 5.82 Å². The number of aromatic amines is 1. The molecule has 1 aliphatic heterocycles. The van der Waals surface area contributed by atoms with Crippen LogP contribution in [-0.4, -0.2) is 53.3 Å². The molecule has 8 nitrogen and oxygen atoms in total. The zero-order chi connectivity index (χ0) is 23.9. The highest BCUT2D eigenvalue weighted by atomic mass is 16.5. The van der Waals surface area contributed by atoms with Gasteiger partial charge in [0, 0.05) is 37.6 Å². The molecule has 1 fully saturated rings. The monoisotopic (exact) mass is 462 g/mol. The minimum atomic E-state index is -0.346. The number of carbonyl (C=O) groups is 1. The van der Waals surface area contributed by atoms with E-state index in [-0.39, 0.29) is 30.0 Å². The number of piperidine rings is 1. The van der Waals surface area contributed by atoms with E-state index in [1.165, 1.54) is 5.56 Å². The SMILES string of the molecule is COc1cc(OC)cc(-c2nnc(CCC(=O)N3CCC(Cc4ccccc4)CC3)c(=O)[nH]2)c1. The van der Waals surface area contributed by atoms with Crippen LogP contribution in [-0.2, 0) is 17.6 Å². The van der Waals surface area contributed by atoms with Gasteiger partial charge >= 0.3 is 0 Å². The number of rotatable bonds is 8. The third kappa shape index (κ3) is 5.81. The summed E-state index contributed by atoms with van der Waals surface area (Å²) in [4.78, 5) is 30.0. The molecule has 1 aliphatic rings. The van der Waals surface area contributed by atoms with Crippen LogP contribution < -0.4 is 15.0 Å². The fourth-order valence-corrected chi connectivity index (χ4v) is 4.32. The molecule has 3 aromatic rings. The first kappa shape index (κ1) is 23.5. The number of ether oxygens (including phenoxy) is 2. The van der Waals surface area contributed by atoms with Crippen molar-refractivity contribution in [2.75, 3.05) is 27.3 Å². The molecule has 34 heavy (non-hydrogen) atoms. The molecule has 1 saturated heterocycles. The summed E-state index contributed by atoms with van der Waals surface area (Å²) in [7, 11) is 3.11. The van der Waals surface area contributed by atoms with Crippen molar-refractivity contribution in [3.63, 3.8) is 0 Å². The molecular formula is C26H30N4O4. The maximum Gasteiger partial charge on any atom is 0.273 e. The molecule has 0 atom stereocenters. The molecule has 0 unspecified atom stereocenters. The van der Waals surface area contributed by atoms with Crippen molar-refractivity contribution in [1.29, 1.82) is 0 Å². The molecule has 1 N–H and O–H groups in total. The van der Waals surface area contributed by atoms with Gasteiger partial charge in [0.1, 0.15) is 17.2 Å². The summed E-state index contributed by atoms with van der Waals surface area (Å²) in [5.74, 6) is 2.14. The van der Waals surface area contributed by atoms with E-state index in [0.29, 0.717) is 28.8 Å². The van der Waals surface area contributed by atoms with E-state index in [4.69, 9.17) is 9.47 Å². The summed E-state index contributed by atoms with van der Waals surface area (Å²) in [6, 6.07) is 15.7. The molecule has 0 radical (unpaired) electrons. The van der Waals surface area contributed by atoms with Crippen LogP contribution in [0, 0.1) is 5.92 Å². The third-order valence-corrected chi connectivity index (χ3v) is 6.30. The predicted octanol–water partition coefficient (Wildman–Crippen LogP) is 3.26. The largest absolute Gasteiger partial charge is 0.497 e. The highest BCUT2D eigenvalue weighted by molar-refractivity contribution is 5.76. The van der Waals surface area contributed by atoms with Crippen molar-refractivity contribution < 1.29 is 14.3 Å². The normalized spacial score (nSPS) is 14.1. The van der Waals surface area contributed by atoms with Gasteiger partial charge in [0.25, 0.3) is 5.56 Å². The summed E-state index contributed by atoms with van der Waals surface area (Å²) >= 11 is 0. The molecule has 1 amide bonds. The fraction of sp³-hybridized carbons (Fsp3) is 0.385. The molecule has 0 bridgehead atoms. The number of aromatic nitrogens is 3.